The molecule has 5 rings (SSSR count). The second kappa shape index (κ2) is 12.1. The third-order valence-electron chi connectivity index (χ3n) is 7.36. The van der Waals surface area contributed by atoms with Crippen LogP contribution in [0, 0.1) is 0 Å². The van der Waals surface area contributed by atoms with Crippen LogP contribution in [0.15, 0.2) is 42.5 Å². The van der Waals surface area contributed by atoms with E-state index in [1.807, 2.05) is 51.1 Å². The van der Waals surface area contributed by atoms with Crippen molar-refractivity contribution in [1.82, 2.24) is 10.3 Å². The van der Waals surface area contributed by atoms with Gasteiger partial charge in [-0.25, -0.2) is 4.79 Å². The molecule has 228 valence electrons. The van der Waals surface area contributed by atoms with Crippen molar-refractivity contribution in [3.8, 4) is 17.2 Å². The van der Waals surface area contributed by atoms with Crippen molar-refractivity contribution in [3.63, 3.8) is 0 Å². The summed E-state index contributed by atoms with van der Waals surface area (Å²) in [6.07, 6.45) is -0.472. The average Bonchev–Trinajstić information content (AvgIpc) is 3.58. The van der Waals surface area contributed by atoms with Gasteiger partial charge in [0.25, 0.3) is 5.91 Å². The van der Waals surface area contributed by atoms with Crippen LogP contribution in [0.1, 0.15) is 42.7 Å². The van der Waals surface area contributed by atoms with Crippen LogP contribution >= 0.6 is 11.6 Å². The van der Waals surface area contributed by atoms with Gasteiger partial charge in [-0.3, -0.25) is 4.79 Å². The molecule has 3 aromatic carbocycles. The summed E-state index contributed by atoms with van der Waals surface area (Å²) in [5.74, 6) is 1.51. The number of methoxy groups -OCH3 is 3. The Hall–Kier alpha value is -4.31. The van der Waals surface area contributed by atoms with Gasteiger partial charge in [-0.2, -0.15) is 0 Å². The maximum Gasteiger partial charge on any atom is 0.407 e. The van der Waals surface area contributed by atoms with Gasteiger partial charge in [-0.05, 0) is 49.9 Å². The van der Waals surface area contributed by atoms with Gasteiger partial charge < -0.3 is 39.5 Å². The van der Waals surface area contributed by atoms with E-state index in [4.69, 9.17) is 30.5 Å². The SMILES string of the molecule is COc1cc2cc(C(=O)N3CC(CCl)c4c3cc(NCCNC(=O)OC(C)(C)C)c3ccccc43)[nH]c2c(OC)c1OC. The quantitative estimate of drug-likeness (QED) is 0.152. The van der Waals surface area contributed by atoms with E-state index in [9.17, 15) is 9.59 Å². The van der Waals surface area contributed by atoms with Crippen LogP contribution in [0.3, 0.4) is 0 Å². The van der Waals surface area contributed by atoms with Gasteiger partial charge in [-0.1, -0.05) is 24.3 Å². The number of nitrogens with one attached hydrogen (secondary N) is 3. The van der Waals surface area contributed by atoms with Gasteiger partial charge in [0.1, 0.15) is 11.3 Å². The van der Waals surface area contributed by atoms with Gasteiger partial charge in [0.05, 0.1) is 32.5 Å². The molecular formula is C32H37ClN4O6. The molecule has 0 saturated carbocycles. The van der Waals surface area contributed by atoms with Crippen molar-refractivity contribution in [3.05, 3.63) is 53.7 Å². The molecule has 1 aliphatic rings. The number of ether oxygens (including phenoxy) is 4. The lowest BCUT2D eigenvalue weighted by molar-refractivity contribution is 0.0530. The van der Waals surface area contributed by atoms with Crippen LogP contribution in [0.4, 0.5) is 16.2 Å². The number of hydrogen-bond donors (Lipinski definition) is 3. The Balaban J connectivity index is 1.49. The van der Waals surface area contributed by atoms with E-state index in [0.717, 1.165) is 33.1 Å². The Labute approximate surface area is 255 Å². The Morgan fingerprint density at radius 2 is 1.72 bits per heavy atom. The fraction of sp³-hybridized carbons (Fsp3) is 0.375. The van der Waals surface area contributed by atoms with Crippen LogP contribution in [-0.2, 0) is 4.74 Å². The fourth-order valence-electron chi connectivity index (χ4n) is 5.59. The largest absolute Gasteiger partial charge is 0.493 e. The lowest BCUT2D eigenvalue weighted by atomic mass is 9.95. The summed E-state index contributed by atoms with van der Waals surface area (Å²) in [4.78, 5) is 31.2. The molecule has 0 fully saturated rings. The molecule has 4 aromatic rings. The number of alkyl carbamates (subject to hydrolysis) is 1. The summed E-state index contributed by atoms with van der Waals surface area (Å²) in [7, 11) is 4.64. The Kier molecular flexibility index (Phi) is 8.50. The number of carbonyl (C=O) groups excluding carboxylic acids is 2. The highest BCUT2D eigenvalue weighted by Crippen LogP contribution is 2.46. The number of alkyl halides is 1. The molecule has 0 spiro atoms. The normalized spacial score (nSPS) is 14.5. The fourth-order valence-corrected chi connectivity index (χ4v) is 5.84. The summed E-state index contributed by atoms with van der Waals surface area (Å²) in [6, 6.07) is 13.6. The van der Waals surface area contributed by atoms with Gasteiger partial charge in [0.15, 0.2) is 11.5 Å². The topological polar surface area (TPSA) is 114 Å². The molecule has 10 nitrogen and oxygen atoms in total. The Morgan fingerprint density at radius 1 is 1.00 bits per heavy atom. The maximum atomic E-state index is 14.1. The smallest absolute Gasteiger partial charge is 0.407 e. The lowest BCUT2D eigenvalue weighted by Crippen LogP contribution is -2.35. The van der Waals surface area contributed by atoms with Crippen molar-refractivity contribution < 1.29 is 28.5 Å². The summed E-state index contributed by atoms with van der Waals surface area (Å²) < 4.78 is 22.0. The number of aromatic amines is 1. The third kappa shape index (κ3) is 5.84. The number of H-pyrrole nitrogens is 1. The first kappa shape index (κ1) is 30.2. The van der Waals surface area contributed by atoms with Gasteiger partial charge in [0.2, 0.25) is 5.75 Å². The zero-order valence-electron chi connectivity index (χ0n) is 25.2. The van der Waals surface area contributed by atoms with E-state index in [0.29, 0.717) is 54.0 Å². The second-order valence-electron chi connectivity index (χ2n) is 11.3. The average molecular weight is 609 g/mol. The molecule has 43 heavy (non-hydrogen) atoms. The molecule has 1 aliphatic heterocycles. The van der Waals surface area contributed by atoms with Gasteiger partial charge >= 0.3 is 6.09 Å². The minimum Gasteiger partial charge on any atom is -0.493 e. The zero-order valence-corrected chi connectivity index (χ0v) is 26.0. The van der Waals surface area contributed by atoms with E-state index in [1.54, 1.807) is 25.2 Å². The number of anilines is 2. The van der Waals surface area contributed by atoms with Crippen LogP contribution in [0.5, 0.6) is 17.2 Å². The molecule has 1 aromatic heterocycles. The number of carbonyl (C=O) groups is 2. The van der Waals surface area contributed by atoms with Crippen LogP contribution in [0.2, 0.25) is 0 Å². The minimum atomic E-state index is -0.573. The lowest BCUT2D eigenvalue weighted by Gasteiger charge is -2.21. The van der Waals surface area contributed by atoms with E-state index in [-0.39, 0.29) is 11.8 Å². The number of fused-ring (bicyclic) bond motifs is 4. The first-order valence-corrected chi connectivity index (χ1v) is 14.6. The molecule has 0 aliphatic carbocycles. The standard InChI is InChI=1S/C32H37ClN4O6/c1-32(2,3)43-31(39)35-12-11-34-22-15-24-26(21-10-8-7-9-20(21)22)19(16-33)17-37(24)30(38)23-13-18-14-25(40-4)28(41-5)29(42-6)27(18)36-23/h7-10,13-15,19,34,36H,11-12,16-17H2,1-6H3,(H,35,39). The summed E-state index contributed by atoms with van der Waals surface area (Å²) >= 11 is 6.48. The number of rotatable bonds is 9. The molecular weight excluding hydrogens is 572 g/mol. The summed E-state index contributed by atoms with van der Waals surface area (Å²) in [6.45, 7) is 6.72. The molecule has 2 heterocycles. The van der Waals surface area contributed by atoms with Crippen molar-refractivity contribution in [2.45, 2.75) is 32.3 Å². The second-order valence-corrected chi connectivity index (χ2v) is 11.6. The van der Waals surface area contributed by atoms with Gasteiger partial charge in [0, 0.05) is 47.9 Å². The predicted molar refractivity (Wildman–Crippen MR) is 170 cm³/mol. The summed E-state index contributed by atoms with van der Waals surface area (Å²) in [5, 5.41) is 9.00. The first-order valence-electron chi connectivity index (χ1n) is 14.1. The molecule has 2 amide bonds. The minimum absolute atomic E-state index is 0.0486. The molecule has 3 N–H and O–H groups in total. The van der Waals surface area contributed by atoms with E-state index < -0.39 is 11.7 Å². The number of benzene rings is 3. The highest BCUT2D eigenvalue weighted by molar-refractivity contribution is 6.19. The van der Waals surface area contributed by atoms with Crippen molar-refractivity contribution >= 4 is 56.7 Å². The van der Waals surface area contributed by atoms with Crippen molar-refractivity contribution in [2.24, 2.45) is 0 Å². The third-order valence-corrected chi connectivity index (χ3v) is 7.73. The van der Waals surface area contributed by atoms with Crippen LogP contribution < -0.4 is 29.7 Å². The Morgan fingerprint density at radius 3 is 2.37 bits per heavy atom. The van der Waals surface area contributed by atoms with Crippen molar-refractivity contribution in [1.29, 1.82) is 0 Å². The van der Waals surface area contributed by atoms with Crippen LogP contribution in [0.25, 0.3) is 21.7 Å². The molecule has 0 radical (unpaired) electrons. The predicted octanol–water partition coefficient (Wildman–Crippen LogP) is 6.27. The molecule has 1 atom stereocenters. The number of hydrogen-bond acceptors (Lipinski definition) is 7. The maximum absolute atomic E-state index is 14.1. The highest BCUT2D eigenvalue weighted by atomic mass is 35.5. The Bertz CT molecular complexity index is 1680. The summed E-state index contributed by atoms with van der Waals surface area (Å²) in [5.41, 5.74) is 3.13. The number of aromatic nitrogens is 1. The first-order chi connectivity index (χ1) is 20.6. The van der Waals surface area contributed by atoms with Crippen molar-refractivity contribution in [2.75, 3.05) is 57.1 Å². The van der Waals surface area contributed by atoms with E-state index in [1.165, 1.54) is 7.11 Å². The van der Waals surface area contributed by atoms with E-state index in [2.05, 4.69) is 21.7 Å². The van der Waals surface area contributed by atoms with Crippen LogP contribution in [-0.4, -0.2) is 69.4 Å². The highest BCUT2D eigenvalue weighted by Gasteiger charge is 2.35. The van der Waals surface area contributed by atoms with E-state index >= 15 is 0 Å². The monoisotopic (exact) mass is 608 g/mol. The molecule has 11 heteroatoms. The molecule has 0 saturated heterocycles. The van der Waals surface area contributed by atoms with Gasteiger partial charge in [-0.15, -0.1) is 11.6 Å². The molecule has 1 unspecified atom stereocenters. The number of halogens is 1. The number of amides is 2. The zero-order chi connectivity index (χ0) is 30.9. The number of nitrogens with zero attached hydrogens (tertiary/aromatic N) is 1. The molecule has 0 bridgehead atoms.